The molecule has 2 aromatic carbocycles. The molecule has 0 bridgehead atoms. The van der Waals surface area contributed by atoms with Gasteiger partial charge in [0, 0.05) is 0 Å². The number of anilines is 2. The summed E-state index contributed by atoms with van der Waals surface area (Å²) in [6, 6.07) is 7.50. The Balaban J connectivity index is 1.63. The maximum absolute atomic E-state index is 13.7. The largest absolute Gasteiger partial charge is 0.361 e. The minimum Gasteiger partial charge on any atom is -0.361 e. The van der Waals surface area contributed by atoms with E-state index in [2.05, 4.69) is 35.7 Å². The fraction of sp³-hybridized carbons (Fsp3) is 0.0952. The van der Waals surface area contributed by atoms with Crippen molar-refractivity contribution in [3.63, 3.8) is 0 Å². The summed E-state index contributed by atoms with van der Waals surface area (Å²) in [5.74, 6) is 0.325. The number of fused-ring (bicyclic) bond motifs is 2. The van der Waals surface area contributed by atoms with E-state index in [-0.39, 0.29) is 22.0 Å². The SMILES string of the molecule is Cc1cc(F)cc(Cl)c1Nn1c(CNc2ncnc3nc[nH]c23)nc2cccc(Cl)c2c1=O. The van der Waals surface area contributed by atoms with Crippen LogP contribution in [0.5, 0.6) is 0 Å². The van der Waals surface area contributed by atoms with Gasteiger partial charge >= 0.3 is 0 Å². The van der Waals surface area contributed by atoms with Crippen LogP contribution in [0.4, 0.5) is 15.9 Å². The molecule has 0 spiro atoms. The summed E-state index contributed by atoms with van der Waals surface area (Å²) in [5.41, 5.74) is 4.97. The van der Waals surface area contributed by atoms with Crippen LogP contribution in [0.15, 0.2) is 47.8 Å². The third kappa shape index (κ3) is 3.83. The van der Waals surface area contributed by atoms with Gasteiger partial charge in [-0.1, -0.05) is 29.3 Å². The molecule has 9 nitrogen and oxygen atoms in total. The average Bonchev–Trinajstić information content (AvgIpc) is 3.25. The molecule has 0 unspecified atom stereocenters. The lowest BCUT2D eigenvalue weighted by atomic mass is 10.2. The molecule has 3 N–H and O–H groups in total. The molecule has 3 heterocycles. The fourth-order valence-corrected chi connectivity index (χ4v) is 4.03. The Labute approximate surface area is 195 Å². The number of imidazole rings is 1. The van der Waals surface area contributed by atoms with Crippen molar-refractivity contribution in [3.8, 4) is 0 Å². The Morgan fingerprint density at radius 3 is 2.82 bits per heavy atom. The third-order valence-corrected chi connectivity index (χ3v) is 5.64. The van der Waals surface area contributed by atoms with E-state index in [4.69, 9.17) is 23.2 Å². The van der Waals surface area contributed by atoms with Gasteiger partial charge in [0.25, 0.3) is 5.56 Å². The summed E-state index contributed by atoms with van der Waals surface area (Å²) in [6.45, 7) is 1.78. The van der Waals surface area contributed by atoms with Gasteiger partial charge in [-0.25, -0.2) is 29.0 Å². The van der Waals surface area contributed by atoms with Crippen molar-refractivity contribution in [1.82, 2.24) is 29.6 Å². The van der Waals surface area contributed by atoms with E-state index in [1.54, 1.807) is 25.1 Å². The number of hydrogen-bond donors (Lipinski definition) is 3. The van der Waals surface area contributed by atoms with Crippen molar-refractivity contribution in [3.05, 3.63) is 80.6 Å². The Morgan fingerprint density at radius 2 is 2.00 bits per heavy atom. The summed E-state index contributed by atoms with van der Waals surface area (Å²) in [5, 5.41) is 3.77. The number of aromatic amines is 1. The molecule has 33 heavy (non-hydrogen) atoms. The molecule has 0 saturated heterocycles. The van der Waals surface area contributed by atoms with Crippen LogP contribution in [0.3, 0.4) is 0 Å². The Morgan fingerprint density at radius 1 is 1.15 bits per heavy atom. The first-order chi connectivity index (χ1) is 15.9. The monoisotopic (exact) mass is 484 g/mol. The summed E-state index contributed by atoms with van der Waals surface area (Å²) in [4.78, 5) is 33.5. The van der Waals surface area contributed by atoms with Gasteiger partial charge in [0.2, 0.25) is 0 Å². The molecule has 0 fully saturated rings. The van der Waals surface area contributed by atoms with Crippen LogP contribution in [0.2, 0.25) is 10.0 Å². The van der Waals surface area contributed by atoms with Gasteiger partial charge in [-0.05, 0) is 36.8 Å². The zero-order valence-electron chi connectivity index (χ0n) is 17.0. The number of aromatic nitrogens is 6. The third-order valence-electron chi connectivity index (χ3n) is 5.03. The summed E-state index contributed by atoms with van der Waals surface area (Å²) in [6.07, 6.45) is 2.89. The quantitative estimate of drug-likeness (QED) is 0.340. The Hall–Kier alpha value is -3.76. The highest BCUT2D eigenvalue weighted by Gasteiger charge is 2.17. The second-order valence-corrected chi connectivity index (χ2v) is 7.99. The highest BCUT2D eigenvalue weighted by atomic mass is 35.5. The van der Waals surface area contributed by atoms with E-state index in [9.17, 15) is 9.18 Å². The molecule has 0 amide bonds. The lowest BCUT2D eigenvalue weighted by Crippen LogP contribution is -2.32. The summed E-state index contributed by atoms with van der Waals surface area (Å²) < 4.78 is 15.0. The Bertz CT molecular complexity index is 1560. The maximum Gasteiger partial charge on any atom is 0.281 e. The van der Waals surface area contributed by atoms with E-state index < -0.39 is 11.4 Å². The molecule has 5 aromatic rings. The minimum atomic E-state index is -0.482. The molecule has 0 aliphatic carbocycles. The van der Waals surface area contributed by atoms with Gasteiger partial charge in [-0.15, -0.1) is 0 Å². The van der Waals surface area contributed by atoms with Crippen molar-refractivity contribution in [2.75, 3.05) is 10.7 Å². The van der Waals surface area contributed by atoms with Crippen LogP contribution in [0, 0.1) is 12.7 Å². The molecule has 3 aromatic heterocycles. The predicted octanol–water partition coefficient (Wildman–Crippen LogP) is 4.30. The molecule has 12 heteroatoms. The average molecular weight is 485 g/mol. The normalized spacial score (nSPS) is 11.3. The number of benzene rings is 2. The molecule has 0 atom stereocenters. The molecule has 166 valence electrons. The molecular formula is C21H15Cl2FN8O. The number of aryl methyl sites for hydroxylation is 1. The van der Waals surface area contributed by atoms with Crippen molar-refractivity contribution in [2.45, 2.75) is 13.5 Å². The van der Waals surface area contributed by atoms with Crippen molar-refractivity contribution >= 4 is 56.8 Å². The van der Waals surface area contributed by atoms with Gasteiger partial charge in [-0.2, -0.15) is 0 Å². The number of hydrogen-bond acceptors (Lipinski definition) is 7. The van der Waals surface area contributed by atoms with E-state index in [0.29, 0.717) is 39.6 Å². The van der Waals surface area contributed by atoms with Gasteiger partial charge < -0.3 is 10.3 Å². The van der Waals surface area contributed by atoms with Crippen LogP contribution in [0.25, 0.3) is 22.1 Å². The van der Waals surface area contributed by atoms with Gasteiger partial charge in [0.1, 0.15) is 17.7 Å². The second-order valence-electron chi connectivity index (χ2n) is 7.17. The standard InChI is InChI=1S/C21H15Cl2FN8O/c1-10-5-11(24)6-13(23)17(10)31-32-15(30-14-4-2-3-12(22)16(14)21(32)33)7-25-19-18-20(27-8-26-18)29-9-28-19/h2-6,8-9,31H,7H2,1H3,(H2,25,26,27,28,29). The molecule has 0 radical (unpaired) electrons. The number of nitrogens with zero attached hydrogens (tertiary/aromatic N) is 5. The van der Waals surface area contributed by atoms with Crippen molar-refractivity contribution in [1.29, 1.82) is 0 Å². The lowest BCUT2D eigenvalue weighted by molar-refractivity contribution is 0.626. The second kappa shape index (κ2) is 8.30. The number of rotatable bonds is 5. The first-order valence-electron chi connectivity index (χ1n) is 9.73. The zero-order valence-corrected chi connectivity index (χ0v) is 18.5. The topological polar surface area (TPSA) is 113 Å². The molecule has 0 aliphatic rings. The zero-order chi connectivity index (χ0) is 23.1. The lowest BCUT2D eigenvalue weighted by Gasteiger charge is -2.18. The van der Waals surface area contributed by atoms with E-state index >= 15 is 0 Å². The smallest absolute Gasteiger partial charge is 0.281 e. The Kier molecular flexibility index (Phi) is 5.31. The van der Waals surface area contributed by atoms with E-state index in [0.717, 1.165) is 6.07 Å². The number of H-pyrrole nitrogens is 1. The summed E-state index contributed by atoms with van der Waals surface area (Å²) >= 11 is 12.6. The van der Waals surface area contributed by atoms with Crippen LogP contribution in [-0.4, -0.2) is 29.6 Å². The van der Waals surface area contributed by atoms with E-state index in [1.807, 2.05) is 0 Å². The van der Waals surface area contributed by atoms with Crippen molar-refractivity contribution < 1.29 is 4.39 Å². The van der Waals surface area contributed by atoms with Crippen LogP contribution in [0.1, 0.15) is 11.4 Å². The minimum absolute atomic E-state index is 0.105. The maximum atomic E-state index is 13.7. The molecule has 0 saturated carbocycles. The van der Waals surface area contributed by atoms with Crippen LogP contribution >= 0.6 is 23.2 Å². The van der Waals surface area contributed by atoms with Gasteiger partial charge in [0.05, 0.1) is 39.5 Å². The predicted molar refractivity (Wildman–Crippen MR) is 125 cm³/mol. The fourth-order valence-electron chi connectivity index (χ4n) is 3.49. The molecule has 0 aliphatic heterocycles. The number of halogens is 3. The van der Waals surface area contributed by atoms with Gasteiger partial charge in [-0.3, -0.25) is 10.2 Å². The van der Waals surface area contributed by atoms with Crippen molar-refractivity contribution in [2.24, 2.45) is 0 Å². The summed E-state index contributed by atoms with van der Waals surface area (Å²) in [7, 11) is 0. The molecular weight excluding hydrogens is 470 g/mol. The first kappa shape index (κ1) is 21.1. The van der Waals surface area contributed by atoms with Crippen LogP contribution < -0.4 is 16.3 Å². The first-order valence-corrected chi connectivity index (χ1v) is 10.5. The molecule has 5 rings (SSSR count). The van der Waals surface area contributed by atoms with Gasteiger partial charge in [0.15, 0.2) is 17.3 Å². The highest BCUT2D eigenvalue weighted by Crippen LogP contribution is 2.28. The highest BCUT2D eigenvalue weighted by molar-refractivity contribution is 6.35. The van der Waals surface area contributed by atoms with E-state index in [1.165, 1.54) is 23.4 Å². The van der Waals surface area contributed by atoms with Crippen LogP contribution in [-0.2, 0) is 6.54 Å². The number of nitrogens with one attached hydrogen (secondary N) is 3.